The molecule has 2 bridgehead atoms. The normalized spacial score (nSPS) is 27.4. The number of benzene rings is 1. The molecule has 5 amide bonds. The quantitative estimate of drug-likeness (QED) is 0.316. The van der Waals surface area contributed by atoms with Crippen LogP contribution in [0.1, 0.15) is 49.7 Å². The van der Waals surface area contributed by atoms with E-state index >= 15 is 0 Å². The highest BCUT2D eigenvalue weighted by Crippen LogP contribution is 2.19. The number of ether oxygens (including phenoxy) is 1. The number of nitrogens with one attached hydrogen (secondary N) is 4. The zero-order chi connectivity index (χ0) is 32.7. The number of aromatic nitrogens is 1. The number of aromatic amines is 1. The molecular formula is C32H44N6O7. The Kier molecular flexibility index (Phi) is 11.3. The molecular weight excluding hydrogens is 580 g/mol. The molecule has 0 unspecified atom stereocenters. The van der Waals surface area contributed by atoms with Gasteiger partial charge in [0.05, 0.1) is 12.6 Å². The van der Waals surface area contributed by atoms with E-state index in [1.807, 2.05) is 44.2 Å². The van der Waals surface area contributed by atoms with E-state index < -0.39 is 72.5 Å². The number of fused-ring (bicyclic) bond motifs is 2. The number of hydrogen-bond donors (Lipinski definition) is 5. The van der Waals surface area contributed by atoms with Gasteiger partial charge in [-0.15, -0.1) is 0 Å². The summed E-state index contributed by atoms with van der Waals surface area (Å²) < 4.78 is 5.84. The Hall–Kier alpha value is -4.23. The average molecular weight is 625 g/mol. The highest BCUT2D eigenvalue weighted by Gasteiger charge is 2.39. The Morgan fingerprint density at radius 2 is 1.73 bits per heavy atom. The number of carbonyl (C=O) groups is 5. The Morgan fingerprint density at radius 1 is 1.00 bits per heavy atom. The fraction of sp³-hybridized carbons (Fsp3) is 0.531. The van der Waals surface area contributed by atoms with Crippen molar-refractivity contribution in [3.8, 4) is 0 Å². The largest absolute Gasteiger partial charge is 0.388 e. The van der Waals surface area contributed by atoms with Gasteiger partial charge in [-0.25, -0.2) is 0 Å². The van der Waals surface area contributed by atoms with E-state index in [4.69, 9.17) is 4.74 Å². The molecule has 2 aliphatic rings. The molecule has 3 heterocycles. The molecule has 13 heteroatoms. The molecule has 244 valence electrons. The van der Waals surface area contributed by atoms with Crippen LogP contribution in [0.4, 0.5) is 0 Å². The van der Waals surface area contributed by atoms with E-state index in [2.05, 4.69) is 20.9 Å². The third-order valence-electron chi connectivity index (χ3n) is 8.30. The molecule has 2 saturated heterocycles. The van der Waals surface area contributed by atoms with Gasteiger partial charge in [0, 0.05) is 26.3 Å². The minimum absolute atomic E-state index is 0.0178. The Labute approximate surface area is 263 Å². The van der Waals surface area contributed by atoms with Crippen molar-refractivity contribution < 1.29 is 33.8 Å². The second-order valence-corrected chi connectivity index (χ2v) is 12.2. The maximum atomic E-state index is 13.7. The van der Waals surface area contributed by atoms with Gasteiger partial charge >= 0.3 is 0 Å². The molecule has 0 aliphatic carbocycles. The summed E-state index contributed by atoms with van der Waals surface area (Å²) in [5, 5.41) is 19.8. The maximum absolute atomic E-state index is 13.7. The SMILES string of the molecule is CC(C)C[C@H]1NC(=O)CN(C(=O)c2ccc[nH]2)C[C@H]2OCC[C@H](NC(=O)[C@H](Cc3ccccc3)NC(=O)[C@H](C)N(C)C1=O)[C@@H]2O. The predicted octanol–water partition coefficient (Wildman–Crippen LogP) is 0.210. The summed E-state index contributed by atoms with van der Waals surface area (Å²) >= 11 is 0. The van der Waals surface area contributed by atoms with Crippen molar-refractivity contribution >= 4 is 29.5 Å². The number of carbonyl (C=O) groups excluding carboxylic acids is 5. The number of amides is 5. The second-order valence-electron chi connectivity index (χ2n) is 12.2. The van der Waals surface area contributed by atoms with Crippen LogP contribution in [-0.4, -0.2) is 113 Å². The zero-order valence-corrected chi connectivity index (χ0v) is 26.2. The molecule has 2 aliphatic heterocycles. The van der Waals surface area contributed by atoms with E-state index in [9.17, 15) is 29.1 Å². The summed E-state index contributed by atoms with van der Waals surface area (Å²) in [5.41, 5.74) is 1.05. The molecule has 13 nitrogen and oxygen atoms in total. The Morgan fingerprint density at radius 3 is 2.40 bits per heavy atom. The minimum atomic E-state index is -1.21. The third-order valence-corrected chi connectivity index (χ3v) is 8.30. The van der Waals surface area contributed by atoms with Crippen LogP contribution in [0, 0.1) is 5.92 Å². The average Bonchev–Trinajstić information content (AvgIpc) is 3.55. The highest BCUT2D eigenvalue weighted by molar-refractivity contribution is 5.97. The smallest absolute Gasteiger partial charge is 0.270 e. The van der Waals surface area contributed by atoms with Gasteiger partial charge in [-0.1, -0.05) is 44.2 Å². The lowest BCUT2D eigenvalue weighted by Crippen LogP contribution is -2.60. The van der Waals surface area contributed by atoms with Crippen molar-refractivity contribution in [2.45, 2.75) is 76.4 Å². The maximum Gasteiger partial charge on any atom is 0.270 e. The molecule has 1 aromatic heterocycles. The zero-order valence-electron chi connectivity index (χ0n) is 26.2. The number of nitrogens with zero attached hydrogens (tertiary/aromatic N) is 2. The first-order valence-corrected chi connectivity index (χ1v) is 15.4. The highest BCUT2D eigenvalue weighted by atomic mass is 16.5. The number of aliphatic hydroxyl groups is 1. The summed E-state index contributed by atoms with van der Waals surface area (Å²) in [4.78, 5) is 73.0. The molecule has 0 radical (unpaired) electrons. The van der Waals surface area contributed by atoms with Gasteiger partial charge in [0.2, 0.25) is 23.6 Å². The van der Waals surface area contributed by atoms with Crippen molar-refractivity contribution in [2.24, 2.45) is 5.92 Å². The molecule has 2 fully saturated rings. The van der Waals surface area contributed by atoms with Gasteiger partial charge in [-0.3, -0.25) is 24.0 Å². The fourth-order valence-electron chi connectivity index (χ4n) is 5.62. The first kappa shape index (κ1) is 33.7. The molecule has 0 saturated carbocycles. The van der Waals surface area contributed by atoms with Crippen molar-refractivity contribution in [2.75, 3.05) is 26.7 Å². The number of aliphatic hydroxyl groups excluding tert-OH is 1. The van der Waals surface area contributed by atoms with Gasteiger partial charge < -0.3 is 40.6 Å². The van der Waals surface area contributed by atoms with Crippen LogP contribution in [0.25, 0.3) is 0 Å². The molecule has 45 heavy (non-hydrogen) atoms. The topological polar surface area (TPSA) is 173 Å². The van der Waals surface area contributed by atoms with Crippen LogP contribution in [-0.2, 0) is 30.3 Å². The molecule has 0 spiro atoms. The van der Waals surface area contributed by atoms with Crippen LogP contribution in [0.5, 0.6) is 0 Å². The number of hydrogen-bond acceptors (Lipinski definition) is 7. The van der Waals surface area contributed by atoms with E-state index in [0.717, 1.165) is 5.56 Å². The second kappa shape index (κ2) is 15.2. The van der Waals surface area contributed by atoms with Crippen LogP contribution in [0.2, 0.25) is 0 Å². The van der Waals surface area contributed by atoms with Crippen LogP contribution < -0.4 is 16.0 Å². The monoisotopic (exact) mass is 624 g/mol. The standard InChI is InChI=1S/C32H44N6O7/c1-19(2)15-25-31(43)37(4)20(3)29(41)36-24(16-21-9-6-5-7-10-21)30(42)35-22-12-14-45-26(28(22)40)17-38(18-27(39)34-25)32(44)23-11-8-13-33-23/h5-11,13,19-20,22,24-26,28,33,40H,12,14-18H2,1-4H3,(H,34,39)(H,35,42)(H,36,41)/t20-,22-,24-,25+,26+,28-/m0/s1. The summed E-state index contributed by atoms with van der Waals surface area (Å²) in [5.74, 6) is -2.59. The van der Waals surface area contributed by atoms with Gasteiger partial charge in [-0.2, -0.15) is 0 Å². The number of rotatable bonds is 5. The summed E-state index contributed by atoms with van der Waals surface area (Å²) in [6.07, 6.45) is 0.210. The predicted molar refractivity (Wildman–Crippen MR) is 165 cm³/mol. The van der Waals surface area contributed by atoms with Gasteiger partial charge in [0.1, 0.15) is 42.6 Å². The van der Waals surface area contributed by atoms with Crippen molar-refractivity contribution in [3.05, 3.63) is 59.9 Å². The summed E-state index contributed by atoms with van der Waals surface area (Å²) in [6.45, 7) is 4.99. The van der Waals surface area contributed by atoms with Crippen LogP contribution in [0.3, 0.4) is 0 Å². The first-order valence-electron chi connectivity index (χ1n) is 15.4. The first-order chi connectivity index (χ1) is 21.4. The lowest BCUT2D eigenvalue weighted by atomic mass is 9.97. The molecule has 2 aromatic rings. The van der Waals surface area contributed by atoms with E-state index in [-0.39, 0.29) is 31.2 Å². The molecule has 4 rings (SSSR count). The van der Waals surface area contributed by atoms with Gasteiger partial charge in [0.25, 0.3) is 5.91 Å². The van der Waals surface area contributed by atoms with E-state index in [0.29, 0.717) is 12.8 Å². The molecule has 1 aromatic carbocycles. The van der Waals surface area contributed by atoms with Crippen LogP contribution >= 0.6 is 0 Å². The van der Waals surface area contributed by atoms with Crippen molar-refractivity contribution in [3.63, 3.8) is 0 Å². The van der Waals surface area contributed by atoms with Crippen molar-refractivity contribution in [1.29, 1.82) is 0 Å². The lowest BCUT2D eigenvalue weighted by molar-refractivity contribution is -0.142. The Bertz CT molecular complexity index is 1330. The molecule has 5 N–H and O–H groups in total. The molecule has 6 atom stereocenters. The van der Waals surface area contributed by atoms with Gasteiger partial charge in [0.15, 0.2) is 0 Å². The minimum Gasteiger partial charge on any atom is -0.388 e. The van der Waals surface area contributed by atoms with E-state index in [1.165, 1.54) is 16.8 Å². The van der Waals surface area contributed by atoms with Gasteiger partial charge in [-0.05, 0) is 43.4 Å². The van der Waals surface area contributed by atoms with Crippen molar-refractivity contribution in [1.82, 2.24) is 30.7 Å². The number of H-pyrrole nitrogens is 1. The summed E-state index contributed by atoms with van der Waals surface area (Å²) in [6, 6.07) is 8.73. The Balaban J connectivity index is 1.69. The summed E-state index contributed by atoms with van der Waals surface area (Å²) in [7, 11) is 1.48. The fourth-order valence-corrected chi connectivity index (χ4v) is 5.62. The van der Waals surface area contributed by atoms with E-state index in [1.54, 1.807) is 25.3 Å². The third kappa shape index (κ3) is 8.70. The number of likely N-dealkylation sites (N-methyl/N-ethyl adjacent to an activating group) is 1. The lowest BCUT2D eigenvalue weighted by Gasteiger charge is -2.38. The van der Waals surface area contributed by atoms with Crippen LogP contribution in [0.15, 0.2) is 48.7 Å².